The van der Waals surface area contributed by atoms with Gasteiger partial charge in [-0.1, -0.05) is 6.92 Å². The lowest BCUT2D eigenvalue weighted by atomic mass is 10.1. The zero-order valence-electron chi connectivity index (χ0n) is 8.99. The van der Waals surface area contributed by atoms with Crippen molar-refractivity contribution in [1.82, 2.24) is 9.97 Å². The molecule has 1 unspecified atom stereocenters. The fourth-order valence-electron chi connectivity index (χ4n) is 1.83. The van der Waals surface area contributed by atoms with Gasteiger partial charge in [0.15, 0.2) is 5.69 Å². The van der Waals surface area contributed by atoms with Gasteiger partial charge in [-0.25, -0.2) is 9.78 Å². The first-order chi connectivity index (χ1) is 7.22. The molecule has 0 bridgehead atoms. The summed E-state index contributed by atoms with van der Waals surface area (Å²) in [5, 5.41) is 0. The van der Waals surface area contributed by atoms with Gasteiger partial charge >= 0.3 is 5.97 Å². The standard InChI is InChI=1S/C11H14N2O2/c1-3-15-11(14)9-6-12-10-7(2)4-5-8(10)13-9/h6-7H,3-5H2,1-2H3. The molecule has 0 amide bonds. The lowest BCUT2D eigenvalue weighted by Gasteiger charge is -2.04. The van der Waals surface area contributed by atoms with E-state index in [1.165, 1.54) is 6.20 Å². The molecule has 0 aromatic carbocycles. The number of aromatic nitrogens is 2. The van der Waals surface area contributed by atoms with E-state index in [9.17, 15) is 4.79 Å². The largest absolute Gasteiger partial charge is 0.461 e. The van der Waals surface area contributed by atoms with Crippen molar-refractivity contribution in [2.24, 2.45) is 0 Å². The molecule has 0 saturated carbocycles. The van der Waals surface area contributed by atoms with Crippen LogP contribution in [0.2, 0.25) is 0 Å². The van der Waals surface area contributed by atoms with Crippen LogP contribution in [-0.4, -0.2) is 22.5 Å². The SMILES string of the molecule is CCOC(=O)c1cnc2c(n1)CCC2C. The van der Waals surface area contributed by atoms with Crippen LogP contribution in [0.15, 0.2) is 6.20 Å². The first-order valence-corrected chi connectivity index (χ1v) is 5.25. The van der Waals surface area contributed by atoms with E-state index >= 15 is 0 Å². The summed E-state index contributed by atoms with van der Waals surface area (Å²) >= 11 is 0. The van der Waals surface area contributed by atoms with Crippen LogP contribution in [0.25, 0.3) is 0 Å². The zero-order valence-corrected chi connectivity index (χ0v) is 8.99. The number of aryl methyl sites for hydroxylation is 1. The predicted molar refractivity (Wildman–Crippen MR) is 54.7 cm³/mol. The number of hydrogen-bond donors (Lipinski definition) is 0. The van der Waals surface area contributed by atoms with Crippen molar-refractivity contribution in [1.29, 1.82) is 0 Å². The van der Waals surface area contributed by atoms with E-state index in [0.29, 0.717) is 18.2 Å². The van der Waals surface area contributed by atoms with Gasteiger partial charge in [-0.2, -0.15) is 0 Å². The van der Waals surface area contributed by atoms with Crippen molar-refractivity contribution in [2.45, 2.75) is 32.6 Å². The van der Waals surface area contributed by atoms with Crippen LogP contribution in [0.5, 0.6) is 0 Å². The number of ether oxygens (including phenoxy) is 1. The first-order valence-electron chi connectivity index (χ1n) is 5.25. The molecule has 1 aliphatic carbocycles. The van der Waals surface area contributed by atoms with Crippen molar-refractivity contribution < 1.29 is 9.53 Å². The second-order valence-electron chi connectivity index (χ2n) is 3.75. The van der Waals surface area contributed by atoms with Gasteiger partial charge in [-0.3, -0.25) is 4.98 Å². The predicted octanol–water partition coefficient (Wildman–Crippen LogP) is 1.70. The fraction of sp³-hybridized carbons (Fsp3) is 0.545. The smallest absolute Gasteiger partial charge is 0.358 e. The van der Waals surface area contributed by atoms with Gasteiger partial charge in [0.05, 0.1) is 24.2 Å². The molecule has 1 aromatic heterocycles. The summed E-state index contributed by atoms with van der Waals surface area (Å²) in [6.45, 7) is 4.28. The molecule has 4 nitrogen and oxygen atoms in total. The summed E-state index contributed by atoms with van der Waals surface area (Å²) < 4.78 is 4.87. The van der Waals surface area contributed by atoms with Crippen molar-refractivity contribution in [3.05, 3.63) is 23.3 Å². The Morgan fingerprint density at radius 2 is 2.47 bits per heavy atom. The molecule has 0 radical (unpaired) electrons. The summed E-state index contributed by atoms with van der Waals surface area (Å²) in [7, 11) is 0. The fourth-order valence-corrected chi connectivity index (χ4v) is 1.83. The third kappa shape index (κ3) is 1.84. The van der Waals surface area contributed by atoms with Gasteiger partial charge in [-0.15, -0.1) is 0 Å². The van der Waals surface area contributed by atoms with Crippen molar-refractivity contribution in [3.63, 3.8) is 0 Å². The van der Waals surface area contributed by atoms with Crippen LogP contribution in [0.3, 0.4) is 0 Å². The lowest BCUT2D eigenvalue weighted by Crippen LogP contribution is -2.09. The van der Waals surface area contributed by atoms with Crippen LogP contribution in [0, 0.1) is 0 Å². The van der Waals surface area contributed by atoms with E-state index in [0.717, 1.165) is 24.2 Å². The Balaban J connectivity index is 2.27. The summed E-state index contributed by atoms with van der Waals surface area (Å²) in [6, 6.07) is 0. The van der Waals surface area contributed by atoms with Crippen molar-refractivity contribution in [2.75, 3.05) is 6.61 Å². The van der Waals surface area contributed by atoms with Crippen LogP contribution >= 0.6 is 0 Å². The van der Waals surface area contributed by atoms with E-state index in [4.69, 9.17) is 4.74 Å². The van der Waals surface area contributed by atoms with Gasteiger partial charge in [0.2, 0.25) is 0 Å². The topological polar surface area (TPSA) is 52.1 Å². The average Bonchev–Trinajstić information content (AvgIpc) is 2.60. The minimum atomic E-state index is -0.382. The molecule has 80 valence electrons. The van der Waals surface area contributed by atoms with Crippen molar-refractivity contribution in [3.8, 4) is 0 Å². The Hall–Kier alpha value is -1.45. The summed E-state index contributed by atoms with van der Waals surface area (Å²) in [5.74, 6) is 0.0797. The van der Waals surface area contributed by atoms with Crippen LogP contribution < -0.4 is 0 Å². The Labute approximate surface area is 88.7 Å². The second kappa shape index (κ2) is 3.96. The number of rotatable bonds is 2. The zero-order chi connectivity index (χ0) is 10.8. The molecular weight excluding hydrogens is 192 g/mol. The normalized spacial score (nSPS) is 18.7. The van der Waals surface area contributed by atoms with Crippen LogP contribution in [0.4, 0.5) is 0 Å². The molecule has 0 spiro atoms. The minimum Gasteiger partial charge on any atom is -0.461 e. The maximum absolute atomic E-state index is 11.4. The molecule has 0 N–H and O–H groups in total. The van der Waals surface area contributed by atoms with Crippen LogP contribution in [0.1, 0.15) is 48.1 Å². The average molecular weight is 206 g/mol. The molecule has 1 aliphatic rings. The van der Waals surface area contributed by atoms with E-state index in [1.54, 1.807) is 6.92 Å². The highest BCUT2D eigenvalue weighted by atomic mass is 16.5. The van der Waals surface area contributed by atoms with E-state index in [2.05, 4.69) is 16.9 Å². The number of fused-ring (bicyclic) bond motifs is 1. The molecule has 4 heteroatoms. The monoisotopic (exact) mass is 206 g/mol. The third-order valence-corrected chi connectivity index (χ3v) is 2.64. The number of nitrogens with zero attached hydrogens (tertiary/aromatic N) is 2. The number of carbonyl (C=O) groups excluding carboxylic acids is 1. The molecule has 15 heavy (non-hydrogen) atoms. The first kappa shape index (κ1) is 10.1. The molecule has 0 fully saturated rings. The maximum atomic E-state index is 11.4. The molecular formula is C11H14N2O2. The van der Waals surface area contributed by atoms with E-state index in [-0.39, 0.29) is 5.97 Å². The maximum Gasteiger partial charge on any atom is 0.358 e. The van der Waals surface area contributed by atoms with Crippen molar-refractivity contribution >= 4 is 5.97 Å². The second-order valence-corrected chi connectivity index (χ2v) is 3.75. The Kier molecular flexibility index (Phi) is 2.66. The molecule has 1 aromatic rings. The van der Waals surface area contributed by atoms with E-state index in [1.807, 2.05) is 0 Å². The van der Waals surface area contributed by atoms with Gasteiger partial charge in [0.25, 0.3) is 0 Å². The quantitative estimate of drug-likeness (QED) is 0.691. The summed E-state index contributed by atoms with van der Waals surface area (Å²) in [6.07, 6.45) is 3.50. The summed E-state index contributed by atoms with van der Waals surface area (Å²) in [4.78, 5) is 20.0. The Bertz CT molecular complexity index is 390. The van der Waals surface area contributed by atoms with E-state index < -0.39 is 0 Å². The molecule has 0 saturated heterocycles. The number of carbonyl (C=O) groups is 1. The highest BCUT2D eigenvalue weighted by Gasteiger charge is 2.23. The van der Waals surface area contributed by atoms with Gasteiger partial charge in [0, 0.05) is 5.92 Å². The van der Waals surface area contributed by atoms with Gasteiger partial charge in [-0.05, 0) is 19.8 Å². The number of esters is 1. The van der Waals surface area contributed by atoms with Gasteiger partial charge < -0.3 is 4.74 Å². The highest BCUT2D eigenvalue weighted by Crippen LogP contribution is 2.29. The molecule has 2 rings (SSSR count). The minimum absolute atomic E-state index is 0.324. The number of hydrogen-bond acceptors (Lipinski definition) is 4. The molecule has 0 aliphatic heterocycles. The Morgan fingerprint density at radius 3 is 3.20 bits per heavy atom. The third-order valence-electron chi connectivity index (χ3n) is 2.64. The van der Waals surface area contributed by atoms with Gasteiger partial charge in [0.1, 0.15) is 0 Å². The molecule has 1 atom stereocenters. The summed E-state index contributed by atoms with van der Waals surface area (Å²) in [5.41, 5.74) is 2.31. The van der Waals surface area contributed by atoms with Crippen LogP contribution in [-0.2, 0) is 11.2 Å². The Morgan fingerprint density at radius 1 is 1.67 bits per heavy atom. The highest BCUT2D eigenvalue weighted by molar-refractivity contribution is 5.86. The molecule has 1 heterocycles. The lowest BCUT2D eigenvalue weighted by molar-refractivity contribution is 0.0518.